The highest BCUT2D eigenvalue weighted by Gasteiger charge is 2.47. The molecule has 0 spiro atoms. The minimum absolute atomic E-state index is 0.124. The van der Waals surface area contributed by atoms with E-state index in [2.05, 4.69) is 4.99 Å². The van der Waals surface area contributed by atoms with E-state index >= 15 is 0 Å². The maximum absolute atomic E-state index is 12.8. The molecule has 2 unspecified atom stereocenters. The first-order valence-electron chi connectivity index (χ1n) is 5.60. The van der Waals surface area contributed by atoms with E-state index in [-0.39, 0.29) is 11.5 Å². The van der Waals surface area contributed by atoms with Gasteiger partial charge < -0.3 is 11.5 Å². The summed E-state index contributed by atoms with van der Waals surface area (Å²) in [4.78, 5) is 14.9. The molecule has 0 bridgehead atoms. The molecule has 1 aliphatic carbocycles. The molecule has 7 heteroatoms. The third-order valence-electron chi connectivity index (χ3n) is 3.01. The Labute approximate surface area is 107 Å². The fourth-order valence-electron chi connectivity index (χ4n) is 2.10. The maximum atomic E-state index is 12.8. The Morgan fingerprint density at radius 2 is 1.89 bits per heavy atom. The smallest absolute Gasteiger partial charge is 0.370 e. The number of aliphatic imine (C=N–C) groups is 1. The number of halogens is 3. The monoisotopic (exact) mass is 271 g/mol. The molecule has 0 aliphatic heterocycles. The first-order chi connectivity index (χ1) is 8.80. The first-order valence-corrected chi connectivity index (χ1v) is 5.60. The Morgan fingerprint density at radius 1 is 1.26 bits per heavy atom. The van der Waals surface area contributed by atoms with Gasteiger partial charge in [0.05, 0.1) is 5.56 Å². The zero-order valence-corrected chi connectivity index (χ0v) is 9.82. The second-order valence-corrected chi connectivity index (χ2v) is 4.41. The van der Waals surface area contributed by atoms with Gasteiger partial charge in [0.1, 0.15) is 0 Å². The van der Waals surface area contributed by atoms with E-state index in [0.29, 0.717) is 6.42 Å². The highest BCUT2D eigenvalue weighted by atomic mass is 19.4. The summed E-state index contributed by atoms with van der Waals surface area (Å²) < 4.78 is 38.5. The highest BCUT2D eigenvalue weighted by Crippen LogP contribution is 2.51. The largest absolute Gasteiger partial charge is 0.416 e. The number of amides is 1. The molecule has 1 aromatic carbocycles. The van der Waals surface area contributed by atoms with Crippen molar-refractivity contribution in [2.75, 3.05) is 0 Å². The lowest BCUT2D eigenvalue weighted by Crippen LogP contribution is -2.24. The van der Waals surface area contributed by atoms with Gasteiger partial charge in [-0.1, -0.05) is 18.2 Å². The molecule has 2 atom stereocenters. The molecule has 1 fully saturated rings. The summed E-state index contributed by atoms with van der Waals surface area (Å²) in [5, 5.41) is 0. The second kappa shape index (κ2) is 4.56. The van der Waals surface area contributed by atoms with Crippen LogP contribution in [0.2, 0.25) is 0 Å². The number of carbonyl (C=O) groups excluding carboxylic acids is 1. The van der Waals surface area contributed by atoms with E-state index in [1.807, 2.05) is 0 Å². The minimum Gasteiger partial charge on any atom is -0.370 e. The van der Waals surface area contributed by atoms with Crippen LogP contribution in [-0.2, 0) is 11.0 Å². The maximum Gasteiger partial charge on any atom is 0.416 e. The number of rotatable bonds is 2. The fourth-order valence-corrected chi connectivity index (χ4v) is 2.10. The van der Waals surface area contributed by atoms with Gasteiger partial charge in [0.25, 0.3) is 5.91 Å². The number of hydrogen-bond acceptors (Lipinski definition) is 1. The van der Waals surface area contributed by atoms with Gasteiger partial charge in [-0.25, -0.2) is 0 Å². The molecule has 4 nitrogen and oxygen atoms in total. The van der Waals surface area contributed by atoms with Gasteiger partial charge in [-0.3, -0.25) is 4.79 Å². The lowest BCUT2D eigenvalue weighted by atomic mass is 10.0. The number of guanidine groups is 1. The summed E-state index contributed by atoms with van der Waals surface area (Å²) in [6, 6.07) is 5.23. The zero-order chi connectivity index (χ0) is 14.2. The molecule has 102 valence electrons. The third kappa shape index (κ3) is 2.86. The van der Waals surface area contributed by atoms with E-state index in [1.54, 1.807) is 0 Å². The number of benzene rings is 1. The van der Waals surface area contributed by atoms with Crippen LogP contribution in [0.1, 0.15) is 23.5 Å². The van der Waals surface area contributed by atoms with Crippen LogP contribution in [0.3, 0.4) is 0 Å². The Kier molecular flexibility index (Phi) is 3.21. The lowest BCUT2D eigenvalue weighted by molar-refractivity contribution is -0.138. The molecular weight excluding hydrogens is 259 g/mol. The van der Waals surface area contributed by atoms with E-state index in [1.165, 1.54) is 18.2 Å². The molecule has 4 N–H and O–H groups in total. The van der Waals surface area contributed by atoms with Crippen LogP contribution < -0.4 is 11.5 Å². The quantitative estimate of drug-likeness (QED) is 0.633. The predicted molar refractivity (Wildman–Crippen MR) is 63.1 cm³/mol. The van der Waals surface area contributed by atoms with Crippen molar-refractivity contribution in [3.05, 3.63) is 35.4 Å². The topological polar surface area (TPSA) is 81.5 Å². The molecule has 0 heterocycles. The minimum atomic E-state index is -4.43. The number of nitrogens with zero attached hydrogens (tertiary/aromatic N) is 1. The summed E-state index contributed by atoms with van der Waals surface area (Å²) in [5.74, 6) is -1.97. The van der Waals surface area contributed by atoms with Gasteiger partial charge in [-0.05, 0) is 24.0 Å². The fraction of sp³-hybridized carbons (Fsp3) is 0.333. The first kappa shape index (κ1) is 13.4. The molecule has 0 aromatic heterocycles. The van der Waals surface area contributed by atoms with Gasteiger partial charge >= 0.3 is 6.18 Å². The molecule has 1 aliphatic rings. The number of alkyl halides is 3. The van der Waals surface area contributed by atoms with Gasteiger partial charge in [-0.15, -0.1) is 0 Å². The van der Waals surface area contributed by atoms with Gasteiger partial charge in [0.2, 0.25) is 0 Å². The van der Waals surface area contributed by atoms with Crippen molar-refractivity contribution >= 4 is 11.9 Å². The van der Waals surface area contributed by atoms with Gasteiger partial charge in [0, 0.05) is 5.92 Å². The Morgan fingerprint density at radius 3 is 2.47 bits per heavy atom. The average molecular weight is 271 g/mol. The van der Waals surface area contributed by atoms with Crippen LogP contribution in [0.4, 0.5) is 13.2 Å². The average Bonchev–Trinajstić information content (AvgIpc) is 3.06. The zero-order valence-electron chi connectivity index (χ0n) is 9.82. The van der Waals surface area contributed by atoms with Crippen molar-refractivity contribution in [2.24, 2.45) is 22.4 Å². The number of hydrogen-bond donors (Lipinski definition) is 2. The predicted octanol–water partition coefficient (Wildman–Crippen LogP) is 1.61. The van der Waals surface area contributed by atoms with Crippen LogP contribution in [-0.4, -0.2) is 11.9 Å². The van der Waals surface area contributed by atoms with Crippen molar-refractivity contribution in [2.45, 2.75) is 18.5 Å². The number of nitrogens with two attached hydrogens (primary N) is 2. The van der Waals surface area contributed by atoms with Crippen LogP contribution >= 0.6 is 0 Å². The van der Waals surface area contributed by atoms with Crippen molar-refractivity contribution in [1.29, 1.82) is 0 Å². The summed E-state index contributed by atoms with van der Waals surface area (Å²) >= 11 is 0. The molecular formula is C12H12F3N3O. The van der Waals surface area contributed by atoms with Crippen LogP contribution in [0.5, 0.6) is 0 Å². The van der Waals surface area contributed by atoms with Crippen molar-refractivity contribution < 1.29 is 18.0 Å². The van der Waals surface area contributed by atoms with E-state index in [9.17, 15) is 18.0 Å². The van der Waals surface area contributed by atoms with Gasteiger partial charge in [0.15, 0.2) is 5.96 Å². The molecule has 1 saturated carbocycles. The summed E-state index contributed by atoms with van der Waals surface area (Å²) in [6.07, 6.45) is -4.09. The standard InChI is InChI=1S/C12H12F3N3O/c13-12(14,15)9-4-2-1-3-6(9)7-5-8(7)10(19)18-11(16)17/h1-4,7-8H,5H2,(H4,16,17,18,19). The molecule has 1 amide bonds. The molecule has 19 heavy (non-hydrogen) atoms. The number of carbonyl (C=O) groups is 1. The normalized spacial score (nSPS) is 21.8. The molecule has 0 radical (unpaired) electrons. The summed E-state index contributed by atoms with van der Waals surface area (Å²) in [7, 11) is 0. The summed E-state index contributed by atoms with van der Waals surface area (Å²) in [6.45, 7) is 0. The molecule has 0 saturated heterocycles. The van der Waals surface area contributed by atoms with Crippen LogP contribution in [0.15, 0.2) is 29.3 Å². The Bertz CT molecular complexity index is 535. The van der Waals surface area contributed by atoms with Crippen LogP contribution in [0.25, 0.3) is 0 Å². The van der Waals surface area contributed by atoms with Crippen molar-refractivity contribution in [3.8, 4) is 0 Å². The third-order valence-corrected chi connectivity index (χ3v) is 3.01. The summed E-state index contributed by atoms with van der Waals surface area (Å²) in [5.41, 5.74) is 9.55. The van der Waals surface area contributed by atoms with Crippen molar-refractivity contribution in [3.63, 3.8) is 0 Å². The van der Waals surface area contributed by atoms with Gasteiger partial charge in [-0.2, -0.15) is 18.2 Å². The Balaban J connectivity index is 2.23. The van der Waals surface area contributed by atoms with Crippen molar-refractivity contribution in [1.82, 2.24) is 0 Å². The van der Waals surface area contributed by atoms with Crippen LogP contribution in [0, 0.1) is 5.92 Å². The lowest BCUT2D eigenvalue weighted by Gasteiger charge is -2.11. The SMILES string of the molecule is NC(N)=NC(=O)C1CC1c1ccccc1C(F)(F)F. The molecule has 2 rings (SSSR count). The van der Waals surface area contributed by atoms with E-state index in [0.717, 1.165) is 6.07 Å². The van der Waals surface area contributed by atoms with E-state index < -0.39 is 29.5 Å². The second-order valence-electron chi connectivity index (χ2n) is 4.41. The molecule has 1 aromatic rings. The van der Waals surface area contributed by atoms with E-state index in [4.69, 9.17) is 11.5 Å². The highest BCUT2D eigenvalue weighted by molar-refractivity contribution is 5.94. The Hall–Kier alpha value is -2.05.